The second-order valence-corrected chi connectivity index (χ2v) is 4.66. The predicted octanol–water partition coefficient (Wildman–Crippen LogP) is 4.07. The van der Waals surface area contributed by atoms with Crippen LogP contribution in [0.25, 0.3) is 0 Å². The minimum Gasteiger partial charge on any atom is -0.0848 e. The maximum absolute atomic E-state index is 2.52. The first-order valence-electron chi connectivity index (χ1n) is 5.53. The van der Waals surface area contributed by atoms with Gasteiger partial charge < -0.3 is 0 Å². The number of rotatable bonds is 1. The van der Waals surface area contributed by atoms with Gasteiger partial charge in [-0.05, 0) is 37.5 Å². The van der Waals surface area contributed by atoms with Gasteiger partial charge in [0.1, 0.15) is 0 Å². The zero-order valence-electron chi connectivity index (χ0n) is 8.23. The molecule has 0 aromatic carbocycles. The Hall–Kier alpha value is -0.260. The van der Waals surface area contributed by atoms with E-state index in [1.54, 1.807) is 5.57 Å². The summed E-state index contributed by atoms with van der Waals surface area (Å²) in [6.07, 6.45) is 14.1. The van der Waals surface area contributed by atoms with Crippen molar-refractivity contribution >= 4 is 0 Å². The molecule has 0 aliphatic heterocycles. The second-order valence-electron chi connectivity index (χ2n) is 4.66. The molecule has 0 unspecified atom stereocenters. The third-order valence-corrected chi connectivity index (χ3v) is 3.79. The highest BCUT2D eigenvalue weighted by atomic mass is 14.4. The van der Waals surface area contributed by atoms with Crippen LogP contribution in [0.1, 0.15) is 58.3 Å². The molecule has 0 nitrogen and oxygen atoms in total. The van der Waals surface area contributed by atoms with Crippen molar-refractivity contribution in [2.45, 2.75) is 58.3 Å². The van der Waals surface area contributed by atoms with Crippen molar-refractivity contribution in [1.82, 2.24) is 0 Å². The second kappa shape index (κ2) is 3.24. The number of hydrogen-bond donors (Lipinski definition) is 0. The Morgan fingerprint density at radius 1 is 1.25 bits per heavy atom. The standard InChI is InChI=1S/C12H20/c1-2-11-6-9-12(10-11)7-4-3-5-8-12/h6H,2-5,7-10H2,1H3. The average molecular weight is 164 g/mol. The molecule has 0 N–H and O–H groups in total. The Labute approximate surface area is 76.1 Å². The van der Waals surface area contributed by atoms with Crippen LogP contribution in [0.5, 0.6) is 0 Å². The maximum atomic E-state index is 2.52. The summed E-state index contributed by atoms with van der Waals surface area (Å²) >= 11 is 0. The highest BCUT2D eigenvalue weighted by molar-refractivity contribution is 5.14. The van der Waals surface area contributed by atoms with E-state index >= 15 is 0 Å². The Morgan fingerprint density at radius 3 is 2.58 bits per heavy atom. The maximum Gasteiger partial charge on any atom is -0.0226 e. The summed E-state index contributed by atoms with van der Waals surface area (Å²) in [5.74, 6) is 0. The van der Waals surface area contributed by atoms with Crippen LogP contribution in [-0.2, 0) is 0 Å². The Balaban J connectivity index is 1.97. The molecule has 0 heteroatoms. The van der Waals surface area contributed by atoms with Crippen LogP contribution in [0.15, 0.2) is 11.6 Å². The van der Waals surface area contributed by atoms with Gasteiger partial charge in [-0.1, -0.05) is 37.8 Å². The Morgan fingerprint density at radius 2 is 2.00 bits per heavy atom. The summed E-state index contributed by atoms with van der Waals surface area (Å²) in [5.41, 5.74) is 2.49. The van der Waals surface area contributed by atoms with Gasteiger partial charge in [-0.3, -0.25) is 0 Å². The topological polar surface area (TPSA) is 0 Å². The first kappa shape index (κ1) is 8.34. The van der Waals surface area contributed by atoms with Gasteiger partial charge in [0.25, 0.3) is 0 Å². The molecule has 12 heavy (non-hydrogen) atoms. The van der Waals surface area contributed by atoms with E-state index in [1.165, 1.54) is 51.4 Å². The molecule has 2 aliphatic carbocycles. The van der Waals surface area contributed by atoms with Crippen LogP contribution in [-0.4, -0.2) is 0 Å². The lowest BCUT2D eigenvalue weighted by Gasteiger charge is -2.33. The highest BCUT2D eigenvalue weighted by Crippen LogP contribution is 2.48. The molecule has 1 fully saturated rings. The molecular weight excluding hydrogens is 144 g/mol. The molecular formula is C12H20. The smallest absolute Gasteiger partial charge is 0.0226 e. The number of hydrogen-bond acceptors (Lipinski definition) is 0. The molecule has 0 heterocycles. The summed E-state index contributed by atoms with van der Waals surface area (Å²) in [6.45, 7) is 2.30. The monoisotopic (exact) mass is 164 g/mol. The molecule has 1 saturated carbocycles. The molecule has 0 aromatic heterocycles. The predicted molar refractivity (Wildman–Crippen MR) is 53.1 cm³/mol. The first-order chi connectivity index (χ1) is 5.85. The normalized spacial score (nSPS) is 27.6. The van der Waals surface area contributed by atoms with Gasteiger partial charge in [-0.15, -0.1) is 0 Å². The third kappa shape index (κ3) is 1.44. The summed E-state index contributed by atoms with van der Waals surface area (Å²) in [6, 6.07) is 0. The summed E-state index contributed by atoms with van der Waals surface area (Å²) in [7, 11) is 0. The molecule has 0 radical (unpaired) electrons. The lowest BCUT2D eigenvalue weighted by molar-refractivity contribution is 0.203. The van der Waals surface area contributed by atoms with Crippen molar-refractivity contribution in [2.75, 3.05) is 0 Å². The van der Waals surface area contributed by atoms with E-state index in [-0.39, 0.29) is 0 Å². The van der Waals surface area contributed by atoms with Gasteiger partial charge in [-0.25, -0.2) is 0 Å². The van der Waals surface area contributed by atoms with Crippen molar-refractivity contribution in [3.63, 3.8) is 0 Å². The van der Waals surface area contributed by atoms with Gasteiger partial charge in [0.15, 0.2) is 0 Å². The number of allylic oxidation sites excluding steroid dienone is 2. The fourth-order valence-corrected chi connectivity index (χ4v) is 2.94. The SMILES string of the molecule is CCC1=CCC2(CCCCC2)C1. The van der Waals surface area contributed by atoms with E-state index in [1.807, 2.05) is 0 Å². The lowest BCUT2D eigenvalue weighted by atomic mass is 9.72. The zero-order chi connectivity index (χ0) is 8.44. The van der Waals surface area contributed by atoms with E-state index in [2.05, 4.69) is 13.0 Å². The molecule has 0 aromatic rings. The fourth-order valence-electron chi connectivity index (χ4n) is 2.94. The van der Waals surface area contributed by atoms with E-state index in [4.69, 9.17) is 0 Å². The van der Waals surface area contributed by atoms with Crippen LogP contribution in [0.2, 0.25) is 0 Å². The molecule has 0 amide bonds. The van der Waals surface area contributed by atoms with Crippen molar-refractivity contribution in [3.8, 4) is 0 Å². The van der Waals surface area contributed by atoms with E-state index < -0.39 is 0 Å². The van der Waals surface area contributed by atoms with E-state index in [0.717, 1.165) is 5.41 Å². The summed E-state index contributed by atoms with van der Waals surface area (Å²) in [4.78, 5) is 0. The molecule has 68 valence electrons. The average Bonchev–Trinajstić information content (AvgIpc) is 2.50. The van der Waals surface area contributed by atoms with Gasteiger partial charge >= 0.3 is 0 Å². The van der Waals surface area contributed by atoms with Crippen LogP contribution in [0.3, 0.4) is 0 Å². The molecule has 2 aliphatic rings. The van der Waals surface area contributed by atoms with Crippen LogP contribution in [0.4, 0.5) is 0 Å². The molecule has 0 saturated heterocycles. The van der Waals surface area contributed by atoms with Crippen molar-refractivity contribution in [3.05, 3.63) is 11.6 Å². The zero-order valence-corrected chi connectivity index (χ0v) is 8.23. The van der Waals surface area contributed by atoms with Crippen molar-refractivity contribution in [2.24, 2.45) is 5.41 Å². The lowest BCUT2D eigenvalue weighted by Crippen LogP contribution is -2.20. The Kier molecular flexibility index (Phi) is 2.25. The van der Waals surface area contributed by atoms with Crippen LogP contribution < -0.4 is 0 Å². The van der Waals surface area contributed by atoms with Gasteiger partial charge in [-0.2, -0.15) is 0 Å². The van der Waals surface area contributed by atoms with Crippen molar-refractivity contribution < 1.29 is 0 Å². The molecule has 1 spiro atoms. The quantitative estimate of drug-likeness (QED) is 0.512. The minimum atomic E-state index is 0.754. The minimum absolute atomic E-state index is 0.754. The highest BCUT2D eigenvalue weighted by Gasteiger charge is 2.34. The van der Waals surface area contributed by atoms with E-state index in [0.29, 0.717) is 0 Å². The summed E-state index contributed by atoms with van der Waals surface area (Å²) in [5, 5.41) is 0. The van der Waals surface area contributed by atoms with Crippen LogP contribution in [0, 0.1) is 5.41 Å². The molecule has 0 bridgehead atoms. The first-order valence-corrected chi connectivity index (χ1v) is 5.53. The largest absolute Gasteiger partial charge is 0.0848 e. The molecule has 2 rings (SSSR count). The molecule has 0 atom stereocenters. The van der Waals surface area contributed by atoms with Crippen LogP contribution >= 0.6 is 0 Å². The van der Waals surface area contributed by atoms with Gasteiger partial charge in [0, 0.05) is 0 Å². The van der Waals surface area contributed by atoms with Gasteiger partial charge in [0.05, 0.1) is 0 Å². The van der Waals surface area contributed by atoms with Crippen molar-refractivity contribution in [1.29, 1.82) is 0 Å². The third-order valence-electron chi connectivity index (χ3n) is 3.79. The Bertz CT molecular complexity index is 182. The summed E-state index contributed by atoms with van der Waals surface area (Å²) < 4.78 is 0. The van der Waals surface area contributed by atoms with E-state index in [9.17, 15) is 0 Å². The fraction of sp³-hybridized carbons (Fsp3) is 0.833. The van der Waals surface area contributed by atoms with Gasteiger partial charge in [0.2, 0.25) is 0 Å².